The molecule has 27 heavy (non-hydrogen) atoms. The van der Waals surface area contributed by atoms with Crippen molar-refractivity contribution in [1.82, 2.24) is 5.32 Å². The molecule has 1 fully saturated rings. The van der Waals surface area contributed by atoms with E-state index in [1.807, 2.05) is 0 Å². The summed E-state index contributed by atoms with van der Waals surface area (Å²) < 4.78 is 31.3. The molecule has 1 atom stereocenters. The molecule has 0 radical (unpaired) electrons. The number of hydrogen-bond acceptors (Lipinski definition) is 6. The van der Waals surface area contributed by atoms with Crippen LogP contribution in [0, 0.1) is 10.1 Å². The Kier molecular flexibility index (Phi) is 5.52. The van der Waals surface area contributed by atoms with E-state index in [0.29, 0.717) is 13.2 Å². The Balaban J connectivity index is 1.87. The summed E-state index contributed by atoms with van der Waals surface area (Å²) in [5, 5.41) is 13.5. The van der Waals surface area contributed by atoms with Crippen LogP contribution in [0.3, 0.4) is 0 Å². The van der Waals surface area contributed by atoms with Crippen molar-refractivity contribution >= 4 is 21.4 Å². The maximum atomic E-state index is 12.9. The van der Waals surface area contributed by atoms with Gasteiger partial charge < -0.3 is 10.1 Å². The van der Waals surface area contributed by atoms with E-state index in [4.69, 9.17) is 4.74 Å². The molecule has 0 spiro atoms. The zero-order valence-electron chi connectivity index (χ0n) is 14.3. The second kappa shape index (κ2) is 7.85. The molecule has 0 unspecified atom stereocenters. The molecule has 2 aromatic carbocycles. The minimum absolute atomic E-state index is 0.0221. The molecule has 1 aliphatic heterocycles. The normalized spacial score (nSPS) is 16.8. The minimum atomic E-state index is -4.01. The molecule has 0 aliphatic carbocycles. The molecular weight excluding hydrogens is 372 g/mol. The number of rotatable bonds is 6. The number of carbonyl (C=O) groups excluding carboxylic acids is 1. The fourth-order valence-corrected chi connectivity index (χ4v) is 4.33. The van der Waals surface area contributed by atoms with Crippen LogP contribution in [0.1, 0.15) is 23.2 Å². The predicted octanol–water partition coefficient (Wildman–Crippen LogP) is 2.34. The van der Waals surface area contributed by atoms with Gasteiger partial charge >= 0.3 is 0 Å². The average molecular weight is 390 g/mol. The van der Waals surface area contributed by atoms with Crippen LogP contribution < -0.4 is 5.32 Å². The molecule has 0 bridgehead atoms. The molecule has 8 nitrogen and oxygen atoms in total. The van der Waals surface area contributed by atoms with Gasteiger partial charge in [0.2, 0.25) is 9.84 Å². The maximum absolute atomic E-state index is 12.9. The van der Waals surface area contributed by atoms with Crippen molar-refractivity contribution in [3.05, 3.63) is 64.2 Å². The first-order valence-corrected chi connectivity index (χ1v) is 9.86. The third kappa shape index (κ3) is 4.15. The Morgan fingerprint density at radius 3 is 2.52 bits per heavy atom. The highest BCUT2D eigenvalue weighted by Crippen LogP contribution is 2.26. The molecule has 1 N–H and O–H groups in total. The topological polar surface area (TPSA) is 116 Å². The van der Waals surface area contributed by atoms with Gasteiger partial charge in [-0.05, 0) is 37.1 Å². The van der Waals surface area contributed by atoms with Gasteiger partial charge in [-0.15, -0.1) is 0 Å². The van der Waals surface area contributed by atoms with Gasteiger partial charge in [0.15, 0.2) is 0 Å². The molecule has 1 saturated heterocycles. The van der Waals surface area contributed by atoms with Crippen LogP contribution in [0.4, 0.5) is 5.69 Å². The monoisotopic (exact) mass is 390 g/mol. The minimum Gasteiger partial charge on any atom is -0.376 e. The molecule has 0 saturated carbocycles. The number of carbonyl (C=O) groups is 1. The van der Waals surface area contributed by atoms with Gasteiger partial charge in [-0.2, -0.15) is 0 Å². The molecule has 3 rings (SSSR count). The molecule has 1 heterocycles. The van der Waals surface area contributed by atoms with E-state index in [1.54, 1.807) is 6.07 Å². The Morgan fingerprint density at radius 1 is 1.19 bits per heavy atom. The van der Waals surface area contributed by atoms with E-state index >= 15 is 0 Å². The van der Waals surface area contributed by atoms with Crippen LogP contribution in [0.25, 0.3) is 0 Å². The molecular formula is C18H18N2O6S. The Labute approximate surface area is 156 Å². The van der Waals surface area contributed by atoms with Crippen LogP contribution in [0.15, 0.2) is 58.3 Å². The lowest BCUT2D eigenvalue weighted by Crippen LogP contribution is -2.32. The SMILES string of the molecule is O=C(NC[C@@H]1CCCO1)c1ccccc1S(=O)(=O)c1ccc([N+](=O)[O-])cc1. The van der Waals surface area contributed by atoms with Crippen molar-refractivity contribution in [3.63, 3.8) is 0 Å². The predicted molar refractivity (Wildman–Crippen MR) is 96.3 cm³/mol. The molecule has 142 valence electrons. The van der Waals surface area contributed by atoms with Crippen LogP contribution in [-0.4, -0.2) is 38.5 Å². The smallest absolute Gasteiger partial charge is 0.269 e. The Hall–Kier alpha value is -2.78. The highest BCUT2D eigenvalue weighted by molar-refractivity contribution is 7.91. The van der Waals surface area contributed by atoms with Crippen molar-refractivity contribution in [2.45, 2.75) is 28.7 Å². The van der Waals surface area contributed by atoms with E-state index in [1.165, 1.54) is 18.2 Å². The van der Waals surface area contributed by atoms with Crippen LogP contribution in [0.2, 0.25) is 0 Å². The molecule has 1 aliphatic rings. The molecule has 0 aromatic heterocycles. The summed E-state index contributed by atoms with van der Waals surface area (Å²) in [6.07, 6.45) is 1.72. The fraction of sp³-hybridized carbons (Fsp3) is 0.278. The van der Waals surface area contributed by atoms with Gasteiger partial charge in [0.05, 0.1) is 26.4 Å². The zero-order valence-corrected chi connectivity index (χ0v) is 15.1. The van der Waals surface area contributed by atoms with E-state index in [0.717, 1.165) is 37.1 Å². The molecule has 2 aromatic rings. The van der Waals surface area contributed by atoms with Gasteiger partial charge in [0, 0.05) is 25.3 Å². The average Bonchev–Trinajstić information content (AvgIpc) is 3.20. The van der Waals surface area contributed by atoms with Crippen molar-refractivity contribution in [2.75, 3.05) is 13.2 Å². The van der Waals surface area contributed by atoms with Gasteiger partial charge in [0.1, 0.15) is 0 Å². The van der Waals surface area contributed by atoms with Crippen molar-refractivity contribution in [3.8, 4) is 0 Å². The summed E-state index contributed by atoms with van der Waals surface area (Å²) in [6, 6.07) is 10.4. The van der Waals surface area contributed by atoms with E-state index < -0.39 is 20.7 Å². The largest absolute Gasteiger partial charge is 0.376 e. The second-order valence-electron chi connectivity index (χ2n) is 6.10. The lowest BCUT2D eigenvalue weighted by molar-refractivity contribution is -0.384. The highest BCUT2D eigenvalue weighted by atomic mass is 32.2. The Bertz CT molecular complexity index is 950. The summed E-state index contributed by atoms with van der Waals surface area (Å²) in [5.74, 6) is -0.508. The van der Waals surface area contributed by atoms with Gasteiger partial charge in [-0.3, -0.25) is 14.9 Å². The van der Waals surface area contributed by atoms with Crippen LogP contribution >= 0.6 is 0 Å². The first-order valence-electron chi connectivity index (χ1n) is 8.38. The van der Waals surface area contributed by atoms with Crippen molar-refractivity contribution in [1.29, 1.82) is 0 Å². The van der Waals surface area contributed by atoms with Crippen molar-refractivity contribution < 1.29 is 22.9 Å². The second-order valence-corrected chi connectivity index (χ2v) is 8.01. The van der Waals surface area contributed by atoms with Gasteiger partial charge in [-0.1, -0.05) is 12.1 Å². The van der Waals surface area contributed by atoms with Crippen LogP contribution in [-0.2, 0) is 14.6 Å². The third-order valence-corrected chi connectivity index (χ3v) is 6.12. The number of non-ortho nitro benzene ring substituents is 1. The summed E-state index contributed by atoms with van der Waals surface area (Å²) in [5.41, 5.74) is -0.189. The number of benzene rings is 2. The van der Waals surface area contributed by atoms with Crippen LogP contribution in [0.5, 0.6) is 0 Å². The Morgan fingerprint density at radius 2 is 1.89 bits per heavy atom. The highest BCUT2D eigenvalue weighted by Gasteiger charge is 2.25. The standard InChI is InChI=1S/C18H18N2O6S/c21-18(19-12-14-4-3-11-26-14)16-5-1-2-6-17(16)27(24,25)15-9-7-13(8-10-15)20(22)23/h1-2,5-10,14H,3-4,11-12H2,(H,19,21)/t14-/m0/s1. The van der Waals surface area contributed by atoms with Crippen molar-refractivity contribution in [2.24, 2.45) is 0 Å². The number of amides is 1. The van der Waals surface area contributed by atoms with Gasteiger partial charge in [0.25, 0.3) is 11.6 Å². The first kappa shape index (κ1) is 19.0. The summed E-state index contributed by atoms with van der Waals surface area (Å²) in [7, 11) is -4.01. The number of ether oxygens (including phenoxy) is 1. The van der Waals surface area contributed by atoms with Gasteiger partial charge in [-0.25, -0.2) is 8.42 Å². The number of nitrogens with zero attached hydrogens (tertiary/aromatic N) is 1. The van der Waals surface area contributed by atoms with E-state index in [9.17, 15) is 23.3 Å². The first-order chi connectivity index (χ1) is 12.9. The lowest BCUT2D eigenvalue weighted by Gasteiger charge is -2.13. The maximum Gasteiger partial charge on any atom is 0.269 e. The number of nitro groups is 1. The lowest BCUT2D eigenvalue weighted by atomic mass is 10.2. The molecule has 1 amide bonds. The third-order valence-electron chi connectivity index (χ3n) is 4.29. The van der Waals surface area contributed by atoms with E-state index in [-0.39, 0.29) is 27.1 Å². The quantitative estimate of drug-likeness (QED) is 0.598. The van der Waals surface area contributed by atoms with E-state index in [2.05, 4.69) is 5.32 Å². The fourth-order valence-electron chi connectivity index (χ4n) is 2.87. The molecule has 9 heteroatoms. The number of sulfone groups is 1. The number of nitro benzene ring substituents is 1. The summed E-state index contributed by atoms with van der Waals surface area (Å²) >= 11 is 0. The number of nitrogens with one attached hydrogen (secondary N) is 1. The summed E-state index contributed by atoms with van der Waals surface area (Å²) in [6.45, 7) is 0.969. The number of hydrogen-bond donors (Lipinski definition) is 1. The zero-order chi connectivity index (χ0) is 19.4. The summed E-state index contributed by atoms with van der Waals surface area (Å²) in [4.78, 5) is 22.4.